The van der Waals surface area contributed by atoms with Crippen molar-refractivity contribution in [3.63, 3.8) is 0 Å². The van der Waals surface area contributed by atoms with Crippen LogP contribution in [0.3, 0.4) is 0 Å². The quantitative estimate of drug-likeness (QED) is 0.0269. The summed E-state index contributed by atoms with van der Waals surface area (Å²) in [6.07, 6.45) is 38.3. The second-order valence-corrected chi connectivity index (χ2v) is 15.8. The smallest absolute Gasteiger partial charge is 0.306 e. The molecule has 0 bridgehead atoms. The summed E-state index contributed by atoms with van der Waals surface area (Å²) in [7, 11) is 0. The molecule has 1 aliphatic heterocycles. The molecule has 0 radical (unpaired) electrons. The van der Waals surface area contributed by atoms with Crippen molar-refractivity contribution in [1.82, 2.24) is 0 Å². The molecule has 1 aliphatic rings. The van der Waals surface area contributed by atoms with Gasteiger partial charge in [0.1, 0.15) is 31.0 Å². The van der Waals surface area contributed by atoms with E-state index in [0.717, 1.165) is 70.6 Å². The number of carbonyl (C=O) groups is 2. The van der Waals surface area contributed by atoms with Crippen molar-refractivity contribution in [2.75, 3.05) is 19.8 Å². The molecule has 0 aromatic heterocycles. The molecule has 0 aromatic rings. The van der Waals surface area contributed by atoms with Crippen LogP contribution in [0.5, 0.6) is 0 Å². The summed E-state index contributed by atoms with van der Waals surface area (Å²) in [6, 6.07) is 0. The van der Waals surface area contributed by atoms with Crippen LogP contribution < -0.4 is 0 Å². The molecular weight excluding hydrogens is 737 g/mol. The Kier molecular flexibility index (Phi) is 35.9. The summed E-state index contributed by atoms with van der Waals surface area (Å²) in [5, 5.41) is 40.1. The molecule has 6 unspecified atom stereocenters. The molecule has 1 rings (SSSR count). The van der Waals surface area contributed by atoms with Crippen molar-refractivity contribution in [3.05, 3.63) is 48.6 Å². The molecule has 0 spiro atoms. The number of ether oxygens (including phenoxy) is 4. The van der Waals surface area contributed by atoms with Gasteiger partial charge in [-0.05, 0) is 51.4 Å². The lowest BCUT2D eigenvalue weighted by Gasteiger charge is -2.39. The van der Waals surface area contributed by atoms with E-state index in [4.69, 9.17) is 18.9 Å². The third-order valence-electron chi connectivity index (χ3n) is 10.5. The number of hydrogen-bond acceptors (Lipinski definition) is 10. The van der Waals surface area contributed by atoms with Gasteiger partial charge in [-0.25, -0.2) is 0 Å². The van der Waals surface area contributed by atoms with Crippen LogP contribution in [0.15, 0.2) is 48.6 Å². The lowest BCUT2D eigenvalue weighted by atomic mass is 9.99. The largest absolute Gasteiger partial charge is 0.462 e. The molecule has 1 saturated heterocycles. The Bertz CT molecular complexity index is 1090. The summed E-state index contributed by atoms with van der Waals surface area (Å²) in [5.74, 6) is -0.814. The summed E-state index contributed by atoms with van der Waals surface area (Å²) < 4.78 is 22.2. The highest BCUT2D eigenvalue weighted by Crippen LogP contribution is 2.23. The van der Waals surface area contributed by atoms with E-state index >= 15 is 0 Å². The maximum absolute atomic E-state index is 12.8. The predicted molar refractivity (Wildman–Crippen MR) is 233 cm³/mol. The third-order valence-corrected chi connectivity index (χ3v) is 10.5. The molecule has 4 N–H and O–H groups in total. The topological polar surface area (TPSA) is 152 Å². The lowest BCUT2D eigenvalue weighted by Crippen LogP contribution is -2.59. The molecule has 0 saturated carbocycles. The Morgan fingerprint density at radius 2 is 1.02 bits per heavy atom. The molecule has 1 heterocycles. The number of aliphatic hydroxyl groups excluding tert-OH is 4. The second-order valence-electron chi connectivity index (χ2n) is 15.8. The van der Waals surface area contributed by atoms with Crippen molar-refractivity contribution in [2.45, 2.75) is 224 Å². The fourth-order valence-corrected chi connectivity index (χ4v) is 6.83. The van der Waals surface area contributed by atoms with Crippen molar-refractivity contribution in [3.8, 4) is 0 Å². The van der Waals surface area contributed by atoms with E-state index in [1.54, 1.807) is 0 Å². The first kappa shape index (κ1) is 53.7. The zero-order valence-corrected chi connectivity index (χ0v) is 36.5. The van der Waals surface area contributed by atoms with E-state index in [1.165, 1.54) is 83.5 Å². The Morgan fingerprint density at radius 3 is 1.53 bits per heavy atom. The van der Waals surface area contributed by atoms with Crippen LogP contribution in [-0.4, -0.2) is 89.0 Å². The van der Waals surface area contributed by atoms with Crippen molar-refractivity contribution < 1.29 is 49.0 Å². The van der Waals surface area contributed by atoms with E-state index in [2.05, 4.69) is 62.5 Å². The second kappa shape index (κ2) is 38.8. The molecule has 10 heteroatoms. The Hall–Kier alpha value is -2.34. The molecule has 58 heavy (non-hydrogen) atoms. The average Bonchev–Trinajstić information content (AvgIpc) is 3.22. The van der Waals surface area contributed by atoms with Gasteiger partial charge in [0, 0.05) is 12.8 Å². The van der Waals surface area contributed by atoms with Gasteiger partial charge >= 0.3 is 11.9 Å². The number of hydrogen-bond donors (Lipinski definition) is 4. The zero-order chi connectivity index (χ0) is 42.3. The van der Waals surface area contributed by atoms with Gasteiger partial charge in [-0.2, -0.15) is 0 Å². The Balaban J connectivity index is 2.30. The molecule has 336 valence electrons. The first-order chi connectivity index (χ1) is 28.3. The van der Waals surface area contributed by atoms with Gasteiger partial charge < -0.3 is 39.4 Å². The van der Waals surface area contributed by atoms with E-state index in [9.17, 15) is 30.0 Å². The average molecular weight is 821 g/mol. The monoisotopic (exact) mass is 821 g/mol. The van der Waals surface area contributed by atoms with E-state index in [-0.39, 0.29) is 32.0 Å². The van der Waals surface area contributed by atoms with Gasteiger partial charge in [0.15, 0.2) is 12.4 Å². The van der Waals surface area contributed by atoms with Crippen LogP contribution in [0.2, 0.25) is 0 Å². The predicted octanol–water partition coefficient (Wildman–Crippen LogP) is 10.1. The number of esters is 2. The maximum atomic E-state index is 12.8. The Morgan fingerprint density at radius 1 is 0.552 bits per heavy atom. The van der Waals surface area contributed by atoms with Crippen LogP contribution in [0.1, 0.15) is 187 Å². The van der Waals surface area contributed by atoms with Crippen LogP contribution in [0, 0.1) is 0 Å². The van der Waals surface area contributed by atoms with E-state index in [0.29, 0.717) is 6.42 Å². The molecule has 1 fully saturated rings. The Labute approximate surface area is 352 Å². The molecule has 0 amide bonds. The van der Waals surface area contributed by atoms with Gasteiger partial charge in [-0.3, -0.25) is 9.59 Å². The minimum absolute atomic E-state index is 0.220. The number of aliphatic hydroxyl groups is 4. The first-order valence-electron chi connectivity index (χ1n) is 23.2. The number of unbranched alkanes of at least 4 members (excludes halogenated alkanes) is 19. The van der Waals surface area contributed by atoms with Gasteiger partial charge in [0.2, 0.25) is 0 Å². The number of allylic oxidation sites excluding steroid dienone is 8. The molecular formula is C48H84O10. The van der Waals surface area contributed by atoms with Crippen LogP contribution in [0.25, 0.3) is 0 Å². The van der Waals surface area contributed by atoms with Crippen LogP contribution in [-0.2, 0) is 28.5 Å². The normalized spacial score (nSPS) is 20.6. The van der Waals surface area contributed by atoms with E-state index in [1.807, 2.05) is 0 Å². The van der Waals surface area contributed by atoms with Gasteiger partial charge in [-0.15, -0.1) is 0 Å². The van der Waals surface area contributed by atoms with Crippen molar-refractivity contribution >= 4 is 11.9 Å². The van der Waals surface area contributed by atoms with Crippen LogP contribution >= 0.6 is 0 Å². The summed E-state index contributed by atoms with van der Waals surface area (Å²) in [6.45, 7) is 3.30. The van der Waals surface area contributed by atoms with Gasteiger partial charge in [0.05, 0.1) is 13.2 Å². The number of rotatable bonds is 38. The van der Waals surface area contributed by atoms with E-state index < -0.39 is 49.4 Å². The summed E-state index contributed by atoms with van der Waals surface area (Å²) in [4.78, 5) is 25.3. The molecule has 10 nitrogen and oxygen atoms in total. The highest BCUT2D eigenvalue weighted by molar-refractivity contribution is 5.70. The fourth-order valence-electron chi connectivity index (χ4n) is 6.83. The summed E-state index contributed by atoms with van der Waals surface area (Å²) >= 11 is 0. The first-order valence-corrected chi connectivity index (χ1v) is 23.2. The molecule has 0 aromatic carbocycles. The molecule has 6 atom stereocenters. The van der Waals surface area contributed by atoms with Crippen molar-refractivity contribution in [2.24, 2.45) is 0 Å². The third kappa shape index (κ3) is 29.8. The maximum Gasteiger partial charge on any atom is 0.306 e. The zero-order valence-electron chi connectivity index (χ0n) is 36.5. The minimum atomic E-state index is -1.60. The van der Waals surface area contributed by atoms with Crippen molar-refractivity contribution in [1.29, 1.82) is 0 Å². The van der Waals surface area contributed by atoms with Gasteiger partial charge in [0.25, 0.3) is 0 Å². The van der Waals surface area contributed by atoms with Gasteiger partial charge in [-0.1, -0.05) is 172 Å². The SMILES string of the molecule is CC/C=C\C/C=C\C/C=C\C/C=C\CCCCCCCCCCC(=O)OC(COC(=O)CCCCCCCCCCCCCC)COC1OC(CO)C(O)C(O)C1O. The molecule has 0 aliphatic carbocycles. The summed E-state index contributed by atoms with van der Waals surface area (Å²) in [5.41, 5.74) is 0. The standard InChI is InChI=1S/C48H84O10/c1-3-5-7-9-11-13-15-17-18-19-20-21-22-23-24-25-27-29-31-33-35-37-44(51)57-41(40-56-48-47(54)46(53)45(52)42(38-49)58-48)39-55-43(50)36-34-32-30-28-26-16-14-12-10-8-6-4-2/h5,7,11,13,17-18,20-21,41-42,45-49,52-54H,3-4,6,8-10,12,14-16,19,22-40H2,1-2H3/b7-5-,13-11-,18-17-,21-20-. The lowest BCUT2D eigenvalue weighted by molar-refractivity contribution is -0.305. The fraction of sp³-hybridized carbons (Fsp3) is 0.792. The minimum Gasteiger partial charge on any atom is -0.462 e. The van der Waals surface area contributed by atoms with Crippen LogP contribution in [0.4, 0.5) is 0 Å². The highest BCUT2D eigenvalue weighted by Gasteiger charge is 2.44. The highest BCUT2D eigenvalue weighted by atomic mass is 16.7. The number of carbonyl (C=O) groups excluding carboxylic acids is 2.